The zero-order valence-electron chi connectivity index (χ0n) is 11.1. The maximum Gasteiger partial charge on any atom is 0.195 e. The van der Waals surface area contributed by atoms with Gasteiger partial charge in [0.15, 0.2) is 10.6 Å². The number of aromatic nitrogens is 3. The molecule has 2 aromatic rings. The van der Waals surface area contributed by atoms with Gasteiger partial charge in [-0.25, -0.2) is 0 Å². The lowest BCUT2D eigenvalue weighted by molar-refractivity contribution is 0.350. The van der Waals surface area contributed by atoms with Crippen molar-refractivity contribution in [1.29, 1.82) is 0 Å². The molecule has 0 fully saturated rings. The van der Waals surface area contributed by atoms with Crippen LogP contribution in [0.25, 0.3) is 11.4 Å². The maximum absolute atomic E-state index is 5.31. The smallest absolute Gasteiger partial charge is 0.195 e. The molecule has 0 spiro atoms. The van der Waals surface area contributed by atoms with Gasteiger partial charge >= 0.3 is 0 Å². The Morgan fingerprint density at radius 1 is 1.22 bits per heavy atom. The van der Waals surface area contributed by atoms with E-state index < -0.39 is 0 Å². The quantitative estimate of drug-likeness (QED) is 0.846. The van der Waals surface area contributed by atoms with Gasteiger partial charge in [0.05, 0.1) is 0 Å². The van der Waals surface area contributed by atoms with E-state index in [4.69, 9.17) is 12.2 Å². The minimum absolute atomic E-state index is 0.292. The van der Waals surface area contributed by atoms with Crippen LogP contribution in [0.5, 0.6) is 0 Å². The van der Waals surface area contributed by atoms with E-state index in [-0.39, 0.29) is 0 Å². The number of H-pyrrole nitrogens is 1. The van der Waals surface area contributed by atoms with E-state index in [9.17, 15) is 0 Å². The van der Waals surface area contributed by atoms with E-state index in [2.05, 4.69) is 47.7 Å². The molecule has 2 rings (SSSR count). The highest BCUT2D eigenvalue weighted by Gasteiger charge is 2.13. The minimum atomic E-state index is 0.292. The summed E-state index contributed by atoms with van der Waals surface area (Å²) in [7, 11) is 0. The molecule has 4 heteroatoms. The normalized spacial score (nSPS) is 11.7. The fourth-order valence-electron chi connectivity index (χ4n) is 1.78. The molecule has 0 amide bonds. The molecule has 0 atom stereocenters. The van der Waals surface area contributed by atoms with Gasteiger partial charge in [-0.15, -0.1) is 0 Å². The largest absolute Gasteiger partial charge is 0.300 e. The lowest BCUT2D eigenvalue weighted by Gasteiger charge is -2.18. The molecule has 1 heterocycles. The van der Waals surface area contributed by atoms with Crippen LogP contribution in [-0.2, 0) is 6.54 Å². The average molecular weight is 261 g/mol. The van der Waals surface area contributed by atoms with Crippen molar-refractivity contribution in [3.63, 3.8) is 0 Å². The Bertz CT molecular complexity index is 561. The van der Waals surface area contributed by atoms with Crippen LogP contribution in [0.1, 0.15) is 27.2 Å². The molecule has 0 bridgehead atoms. The summed E-state index contributed by atoms with van der Waals surface area (Å²) in [6.07, 6.45) is 1.07. The molecule has 0 saturated heterocycles. The molecule has 0 unspecified atom stereocenters. The maximum atomic E-state index is 5.31. The Hall–Kier alpha value is -1.42. The van der Waals surface area contributed by atoms with Gasteiger partial charge in [0, 0.05) is 12.1 Å². The summed E-state index contributed by atoms with van der Waals surface area (Å²) in [6.45, 7) is 7.60. The SMILES string of the molecule is CC(C)(C)CCn1c(-c2ccccc2)n[nH]c1=S. The van der Waals surface area contributed by atoms with E-state index in [0.29, 0.717) is 10.2 Å². The molecule has 1 aromatic carbocycles. The summed E-state index contributed by atoms with van der Waals surface area (Å²) < 4.78 is 2.77. The van der Waals surface area contributed by atoms with E-state index in [1.165, 1.54) is 0 Å². The van der Waals surface area contributed by atoms with Crippen LogP contribution in [0.4, 0.5) is 0 Å². The molecule has 18 heavy (non-hydrogen) atoms. The average Bonchev–Trinajstić information content (AvgIpc) is 2.68. The summed E-state index contributed by atoms with van der Waals surface area (Å²) in [6, 6.07) is 10.1. The molecule has 0 radical (unpaired) electrons. The standard InChI is InChI=1S/C14H19N3S/c1-14(2,3)9-10-17-12(15-16-13(17)18)11-7-5-4-6-8-11/h4-8H,9-10H2,1-3H3,(H,16,18). The molecular formula is C14H19N3S. The van der Waals surface area contributed by atoms with E-state index in [1.54, 1.807) is 0 Å². The highest BCUT2D eigenvalue weighted by atomic mass is 32.1. The summed E-state index contributed by atoms with van der Waals surface area (Å²) in [5, 5.41) is 7.22. The molecular weight excluding hydrogens is 242 g/mol. The highest BCUT2D eigenvalue weighted by molar-refractivity contribution is 7.71. The minimum Gasteiger partial charge on any atom is -0.300 e. The first-order chi connectivity index (χ1) is 8.47. The number of hydrogen-bond acceptors (Lipinski definition) is 2. The van der Waals surface area contributed by atoms with Crippen LogP contribution in [0.15, 0.2) is 30.3 Å². The molecule has 1 N–H and O–H groups in total. The van der Waals surface area contributed by atoms with Crippen molar-refractivity contribution < 1.29 is 0 Å². The summed E-state index contributed by atoms with van der Waals surface area (Å²) in [4.78, 5) is 0. The molecule has 0 aliphatic carbocycles. The van der Waals surface area contributed by atoms with Gasteiger partial charge in [0.2, 0.25) is 0 Å². The Labute approximate surface area is 113 Å². The fraction of sp³-hybridized carbons (Fsp3) is 0.429. The van der Waals surface area contributed by atoms with Crippen molar-refractivity contribution in [2.24, 2.45) is 5.41 Å². The molecule has 0 aliphatic rings. The third-order valence-electron chi connectivity index (χ3n) is 2.88. The van der Waals surface area contributed by atoms with Gasteiger partial charge in [0.25, 0.3) is 0 Å². The number of rotatable bonds is 3. The van der Waals surface area contributed by atoms with E-state index >= 15 is 0 Å². The Morgan fingerprint density at radius 3 is 2.50 bits per heavy atom. The number of nitrogens with one attached hydrogen (secondary N) is 1. The zero-order valence-corrected chi connectivity index (χ0v) is 11.9. The highest BCUT2D eigenvalue weighted by Crippen LogP contribution is 2.22. The topological polar surface area (TPSA) is 33.6 Å². The van der Waals surface area contributed by atoms with Gasteiger partial charge in [-0.1, -0.05) is 51.1 Å². The van der Waals surface area contributed by atoms with E-state index in [0.717, 1.165) is 24.4 Å². The first-order valence-electron chi connectivity index (χ1n) is 6.18. The van der Waals surface area contributed by atoms with Crippen LogP contribution >= 0.6 is 12.2 Å². The van der Waals surface area contributed by atoms with Gasteiger partial charge < -0.3 is 4.57 Å². The zero-order chi connectivity index (χ0) is 13.2. The third kappa shape index (κ3) is 3.07. The third-order valence-corrected chi connectivity index (χ3v) is 3.19. The van der Waals surface area contributed by atoms with Gasteiger partial charge in [-0.3, -0.25) is 5.10 Å². The monoisotopic (exact) mass is 261 g/mol. The van der Waals surface area contributed by atoms with Gasteiger partial charge in [0.1, 0.15) is 0 Å². The van der Waals surface area contributed by atoms with Crippen molar-refractivity contribution >= 4 is 12.2 Å². The van der Waals surface area contributed by atoms with Crippen LogP contribution in [0.3, 0.4) is 0 Å². The van der Waals surface area contributed by atoms with Gasteiger partial charge in [-0.2, -0.15) is 5.10 Å². The second kappa shape index (κ2) is 5.06. The molecule has 0 saturated carbocycles. The van der Waals surface area contributed by atoms with Crippen molar-refractivity contribution in [2.45, 2.75) is 33.7 Å². The second-order valence-electron chi connectivity index (χ2n) is 5.68. The second-order valence-corrected chi connectivity index (χ2v) is 6.07. The molecule has 1 aromatic heterocycles. The molecule has 0 aliphatic heterocycles. The Balaban J connectivity index is 2.31. The number of aromatic amines is 1. The number of nitrogens with zero attached hydrogens (tertiary/aromatic N) is 2. The Kier molecular flexibility index (Phi) is 3.66. The number of benzene rings is 1. The summed E-state index contributed by atoms with van der Waals surface area (Å²) in [5.41, 5.74) is 1.39. The van der Waals surface area contributed by atoms with Gasteiger partial charge in [-0.05, 0) is 24.1 Å². The lowest BCUT2D eigenvalue weighted by atomic mass is 9.92. The van der Waals surface area contributed by atoms with Crippen LogP contribution in [0.2, 0.25) is 0 Å². The predicted molar refractivity (Wildman–Crippen MR) is 76.9 cm³/mol. The molecule has 3 nitrogen and oxygen atoms in total. The summed E-state index contributed by atoms with van der Waals surface area (Å²) in [5.74, 6) is 0.921. The van der Waals surface area contributed by atoms with Crippen molar-refractivity contribution in [3.05, 3.63) is 35.1 Å². The van der Waals surface area contributed by atoms with Crippen LogP contribution < -0.4 is 0 Å². The first kappa shape index (κ1) is 13.0. The van der Waals surface area contributed by atoms with Crippen molar-refractivity contribution in [1.82, 2.24) is 14.8 Å². The van der Waals surface area contributed by atoms with Crippen LogP contribution in [0, 0.1) is 10.2 Å². The predicted octanol–water partition coefficient (Wildman–Crippen LogP) is 4.04. The van der Waals surface area contributed by atoms with Crippen molar-refractivity contribution in [2.75, 3.05) is 0 Å². The lowest BCUT2D eigenvalue weighted by Crippen LogP contribution is -2.11. The first-order valence-corrected chi connectivity index (χ1v) is 6.59. The summed E-state index contributed by atoms with van der Waals surface area (Å²) >= 11 is 5.31. The van der Waals surface area contributed by atoms with Crippen LogP contribution in [-0.4, -0.2) is 14.8 Å². The van der Waals surface area contributed by atoms with Crippen molar-refractivity contribution in [3.8, 4) is 11.4 Å². The van der Waals surface area contributed by atoms with E-state index in [1.807, 2.05) is 18.2 Å². The Morgan fingerprint density at radius 2 is 1.89 bits per heavy atom. The fourth-order valence-corrected chi connectivity index (χ4v) is 2.00. The number of hydrogen-bond donors (Lipinski definition) is 1. The molecule has 96 valence electrons.